The molecule has 2 heterocycles. The van der Waals surface area contributed by atoms with Crippen LogP contribution in [0, 0.1) is 13.8 Å². The van der Waals surface area contributed by atoms with Crippen molar-refractivity contribution < 1.29 is 0 Å². The molecule has 478 valence electrons. The van der Waals surface area contributed by atoms with Crippen molar-refractivity contribution in [3.8, 4) is 72.4 Å². The third kappa shape index (κ3) is 9.70. The molecule has 0 amide bonds. The predicted octanol–water partition coefficient (Wildman–Crippen LogP) is 26.6. The highest BCUT2D eigenvalue weighted by atomic mass is 15.1. The van der Waals surface area contributed by atoms with Gasteiger partial charge in [-0.05, 0) is 205 Å². The second-order valence-corrected chi connectivity index (χ2v) is 29.4. The van der Waals surface area contributed by atoms with Crippen molar-refractivity contribution in [3.63, 3.8) is 0 Å². The van der Waals surface area contributed by atoms with Crippen molar-refractivity contribution in [2.75, 3.05) is 4.90 Å². The highest BCUT2D eigenvalue weighted by Crippen LogP contribution is 2.63. The molecular formula is C95H88N2. The van der Waals surface area contributed by atoms with E-state index in [1.165, 1.54) is 229 Å². The summed E-state index contributed by atoms with van der Waals surface area (Å²) in [5.41, 5.74) is 35.8. The van der Waals surface area contributed by atoms with Crippen LogP contribution in [-0.4, -0.2) is 4.57 Å². The summed E-state index contributed by atoms with van der Waals surface area (Å²) >= 11 is 0. The van der Waals surface area contributed by atoms with Crippen LogP contribution in [0.1, 0.15) is 173 Å². The molecule has 4 aliphatic rings. The van der Waals surface area contributed by atoms with E-state index in [1.54, 1.807) is 11.1 Å². The van der Waals surface area contributed by atoms with Crippen molar-refractivity contribution >= 4 is 38.9 Å². The zero-order valence-electron chi connectivity index (χ0n) is 57.5. The smallest absolute Gasteiger partial charge is 0.0754 e. The van der Waals surface area contributed by atoms with Crippen LogP contribution in [0.15, 0.2) is 255 Å². The van der Waals surface area contributed by atoms with Crippen LogP contribution in [0.5, 0.6) is 0 Å². The molecule has 0 saturated carbocycles. The van der Waals surface area contributed by atoms with Gasteiger partial charge in [-0.3, -0.25) is 0 Å². The SMILES string of the molecule is CCCCCCCCC1(CCCCCCCC)c2cc(C)ccc2-c2ccc(-c3cc4c5c(c3)c3cc(C)ccc3n5-c3ccc(-c5ccc(N(c6ccc7c(c6)C(C)(C)c6ccccc6-7)c6ccccc6-c6ccccc6)cc5)cc3C43c4ccccc4-c4ccccc43)cc21. The third-order valence-electron chi connectivity index (χ3n) is 23.3. The van der Waals surface area contributed by atoms with E-state index < -0.39 is 5.41 Å². The number of anilines is 3. The van der Waals surface area contributed by atoms with Gasteiger partial charge in [0.05, 0.1) is 27.8 Å². The summed E-state index contributed by atoms with van der Waals surface area (Å²) in [5.74, 6) is 0. The molecule has 0 radical (unpaired) electrons. The number of benzene rings is 12. The maximum absolute atomic E-state index is 2.70. The van der Waals surface area contributed by atoms with Crippen LogP contribution in [0.25, 0.3) is 94.3 Å². The molecule has 0 fully saturated rings. The van der Waals surface area contributed by atoms with Gasteiger partial charge in [-0.1, -0.05) is 298 Å². The van der Waals surface area contributed by atoms with E-state index in [0.717, 1.165) is 17.1 Å². The summed E-state index contributed by atoms with van der Waals surface area (Å²) in [6.07, 6.45) is 18.0. The first-order valence-electron chi connectivity index (χ1n) is 36.6. The van der Waals surface area contributed by atoms with Gasteiger partial charge in [-0.2, -0.15) is 0 Å². The van der Waals surface area contributed by atoms with E-state index in [2.05, 4.69) is 306 Å². The van der Waals surface area contributed by atoms with Gasteiger partial charge < -0.3 is 9.47 Å². The van der Waals surface area contributed by atoms with Crippen LogP contribution >= 0.6 is 0 Å². The average Bonchev–Trinajstić information content (AvgIpc) is 1.54. The number of fused-ring (bicyclic) bond motifs is 18. The van der Waals surface area contributed by atoms with Gasteiger partial charge >= 0.3 is 0 Å². The minimum absolute atomic E-state index is 0.0389. The zero-order valence-corrected chi connectivity index (χ0v) is 57.5. The molecule has 1 aromatic heterocycles. The zero-order chi connectivity index (χ0) is 65.6. The number of aromatic nitrogens is 1. The normalized spacial score (nSPS) is 14.3. The Morgan fingerprint density at radius 2 is 0.814 bits per heavy atom. The van der Waals surface area contributed by atoms with Gasteiger partial charge in [0.1, 0.15) is 0 Å². The highest BCUT2D eigenvalue weighted by molar-refractivity contribution is 6.14. The lowest BCUT2D eigenvalue weighted by molar-refractivity contribution is 0.398. The third-order valence-corrected chi connectivity index (χ3v) is 23.3. The lowest BCUT2D eigenvalue weighted by Crippen LogP contribution is -2.33. The summed E-state index contributed by atoms with van der Waals surface area (Å²) < 4.78 is 2.65. The van der Waals surface area contributed by atoms with Gasteiger partial charge in [-0.25, -0.2) is 0 Å². The van der Waals surface area contributed by atoms with Gasteiger partial charge in [0.25, 0.3) is 0 Å². The second-order valence-electron chi connectivity index (χ2n) is 29.4. The number of para-hydroxylation sites is 1. The Labute approximate surface area is 575 Å². The van der Waals surface area contributed by atoms with Gasteiger partial charge in [0.15, 0.2) is 0 Å². The second kappa shape index (κ2) is 24.4. The molecule has 13 aromatic rings. The standard InChI is InChI=1S/C95H88N2/c1-7-9-11-13-15-28-54-94(55-29-16-14-12-10-8-2)85-57-64(4)40-49-77(85)78-50-44-68(59-86(78)94)69-58-80-79-56-63(3)41-52-90(79)97-91-53-45-67(60-87(91)95(88(61-69)92(80)97)82-37-25-21-34-74(82)75-35-22-26-38-83(75)95)65-42-46-70(47-43-65)96(89-39-27-23-32-72(89)66-30-18-17-19-31-66)71-48-51-76-73-33-20-24-36-81(73)93(5,6)84(76)62-71/h17-27,30-53,56-62H,7-16,28-29,54-55H2,1-6H3. The molecule has 0 N–H and O–H groups in total. The predicted molar refractivity (Wildman–Crippen MR) is 412 cm³/mol. The van der Waals surface area contributed by atoms with E-state index in [1.807, 2.05) is 0 Å². The Kier molecular flexibility index (Phi) is 15.3. The fourth-order valence-corrected chi connectivity index (χ4v) is 18.6. The van der Waals surface area contributed by atoms with Crippen molar-refractivity contribution in [1.29, 1.82) is 0 Å². The van der Waals surface area contributed by atoms with Crippen molar-refractivity contribution in [2.24, 2.45) is 0 Å². The summed E-state index contributed by atoms with van der Waals surface area (Å²) in [4.78, 5) is 2.49. The molecule has 1 spiro atoms. The van der Waals surface area contributed by atoms with Gasteiger partial charge in [0.2, 0.25) is 0 Å². The van der Waals surface area contributed by atoms with Crippen LogP contribution in [0.2, 0.25) is 0 Å². The number of hydrogen-bond donors (Lipinski definition) is 0. The molecule has 1 aliphatic heterocycles. The molecule has 3 aliphatic carbocycles. The van der Waals surface area contributed by atoms with Gasteiger partial charge in [0, 0.05) is 38.5 Å². The van der Waals surface area contributed by atoms with Crippen LogP contribution in [0.4, 0.5) is 17.1 Å². The Morgan fingerprint density at radius 1 is 0.320 bits per heavy atom. The topological polar surface area (TPSA) is 8.17 Å². The summed E-state index contributed by atoms with van der Waals surface area (Å²) in [5, 5.41) is 2.62. The average molecular weight is 1260 g/mol. The van der Waals surface area contributed by atoms with E-state index >= 15 is 0 Å². The lowest BCUT2D eigenvalue weighted by Gasteiger charge is -2.40. The fraction of sp³-hybridized carbons (Fsp3) is 0.242. The molecule has 0 bridgehead atoms. The first kappa shape index (κ1) is 60.9. The summed E-state index contributed by atoms with van der Waals surface area (Å²) in [6, 6.07) is 99.2. The quantitative estimate of drug-likeness (QED) is 0.0691. The largest absolute Gasteiger partial charge is 0.310 e. The van der Waals surface area contributed by atoms with E-state index in [0.29, 0.717) is 0 Å². The molecule has 0 saturated heterocycles. The van der Waals surface area contributed by atoms with E-state index in [-0.39, 0.29) is 10.8 Å². The molecule has 2 nitrogen and oxygen atoms in total. The molecule has 2 heteroatoms. The van der Waals surface area contributed by atoms with Crippen LogP contribution < -0.4 is 4.90 Å². The lowest BCUT2D eigenvalue weighted by atomic mass is 9.64. The first-order chi connectivity index (χ1) is 47.6. The first-order valence-corrected chi connectivity index (χ1v) is 36.6. The van der Waals surface area contributed by atoms with Crippen molar-refractivity contribution in [1.82, 2.24) is 4.57 Å². The Hall–Kier alpha value is -9.76. The number of aryl methyl sites for hydroxylation is 2. The van der Waals surface area contributed by atoms with Crippen molar-refractivity contribution in [2.45, 2.75) is 148 Å². The molecule has 97 heavy (non-hydrogen) atoms. The Bertz CT molecular complexity index is 5140. The Balaban J connectivity index is 0.844. The molecule has 12 aromatic carbocycles. The molecule has 0 unspecified atom stereocenters. The van der Waals surface area contributed by atoms with Crippen molar-refractivity contribution in [3.05, 3.63) is 310 Å². The molecule has 17 rings (SSSR count). The monoisotopic (exact) mass is 1260 g/mol. The number of hydrogen-bond acceptors (Lipinski definition) is 1. The fourth-order valence-electron chi connectivity index (χ4n) is 18.6. The molecule has 0 atom stereocenters. The number of unbranched alkanes of at least 4 members (excludes halogenated alkanes) is 10. The minimum Gasteiger partial charge on any atom is -0.310 e. The van der Waals surface area contributed by atoms with E-state index in [9.17, 15) is 0 Å². The van der Waals surface area contributed by atoms with Crippen LogP contribution in [0.3, 0.4) is 0 Å². The van der Waals surface area contributed by atoms with Gasteiger partial charge in [-0.15, -0.1) is 0 Å². The summed E-state index contributed by atoms with van der Waals surface area (Å²) in [6.45, 7) is 14.0. The van der Waals surface area contributed by atoms with E-state index in [4.69, 9.17) is 0 Å². The summed E-state index contributed by atoms with van der Waals surface area (Å²) in [7, 11) is 0. The number of nitrogens with zero attached hydrogens (tertiary/aromatic N) is 2. The van der Waals surface area contributed by atoms with Crippen LogP contribution in [-0.2, 0) is 16.2 Å². The number of rotatable bonds is 20. The maximum atomic E-state index is 2.70. The Morgan fingerprint density at radius 3 is 1.52 bits per heavy atom. The minimum atomic E-state index is -0.644. The molecular weight excluding hydrogens is 1170 g/mol. The highest BCUT2D eigenvalue weighted by Gasteiger charge is 2.52. The maximum Gasteiger partial charge on any atom is 0.0754 e.